The minimum atomic E-state index is -4.43. The summed E-state index contributed by atoms with van der Waals surface area (Å²) in [7, 11) is 2.69. The van der Waals surface area contributed by atoms with Crippen LogP contribution in [-0.2, 0) is 0 Å². The van der Waals surface area contributed by atoms with E-state index in [1.165, 1.54) is 14.2 Å². The zero-order valence-electron chi connectivity index (χ0n) is 18.1. The van der Waals surface area contributed by atoms with Crippen molar-refractivity contribution in [1.29, 1.82) is 0 Å². The Morgan fingerprint density at radius 2 is 1.82 bits per heavy atom. The average Bonchev–Trinajstić information content (AvgIpc) is 3.41. The molecule has 0 aliphatic carbocycles. The lowest BCUT2D eigenvalue weighted by Gasteiger charge is -2.16. The van der Waals surface area contributed by atoms with E-state index in [1.54, 1.807) is 29.3 Å². The first-order chi connectivity index (χ1) is 15.7. The number of fused-ring (bicyclic) bond motifs is 1. The maximum atomic E-state index is 12.6. The lowest BCUT2D eigenvalue weighted by Crippen LogP contribution is -2.13. The first-order valence-electron chi connectivity index (χ1n) is 9.96. The minimum Gasteiger partial charge on any atom is -0.496 e. The molecule has 0 bridgehead atoms. The van der Waals surface area contributed by atoms with Crippen LogP contribution in [-0.4, -0.2) is 40.9 Å². The smallest absolute Gasteiger partial charge is 0.389 e. The molecule has 0 aliphatic heterocycles. The molecule has 10 heteroatoms. The van der Waals surface area contributed by atoms with Crippen LogP contribution in [0.2, 0.25) is 0 Å². The van der Waals surface area contributed by atoms with E-state index in [2.05, 4.69) is 10.1 Å². The third-order valence-corrected chi connectivity index (χ3v) is 5.29. The van der Waals surface area contributed by atoms with Crippen molar-refractivity contribution in [1.82, 2.24) is 14.7 Å². The minimum absolute atomic E-state index is 0.0253. The van der Waals surface area contributed by atoms with E-state index in [0.29, 0.717) is 11.2 Å². The molecule has 0 unspecified atom stereocenters. The van der Waals surface area contributed by atoms with Crippen molar-refractivity contribution in [2.75, 3.05) is 14.2 Å². The van der Waals surface area contributed by atoms with E-state index < -0.39 is 24.8 Å². The van der Waals surface area contributed by atoms with Gasteiger partial charge in [-0.2, -0.15) is 13.2 Å². The number of carbonyl (C=O) groups is 1. The SMILES string of the molecule is COc1cc(-n2cnc3cc(-c4conc4C)ccc32)cc(OC)c1C(=O)CCC(F)(F)F. The molecule has 0 N–H and O–H groups in total. The van der Waals surface area contributed by atoms with Gasteiger partial charge in [0.25, 0.3) is 0 Å². The van der Waals surface area contributed by atoms with Crippen molar-refractivity contribution in [3.05, 3.63) is 54.2 Å². The molecule has 4 aromatic rings. The molecular formula is C23H20F3N3O4. The van der Waals surface area contributed by atoms with E-state index in [4.69, 9.17) is 14.0 Å². The second-order valence-electron chi connectivity index (χ2n) is 7.40. The number of carbonyl (C=O) groups excluding carboxylic acids is 1. The molecule has 7 nitrogen and oxygen atoms in total. The van der Waals surface area contributed by atoms with E-state index in [9.17, 15) is 18.0 Å². The number of nitrogens with zero attached hydrogens (tertiary/aromatic N) is 3. The molecular weight excluding hydrogens is 439 g/mol. The molecule has 0 spiro atoms. The van der Waals surface area contributed by atoms with Gasteiger partial charge in [0.15, 0.2) is 5.78 Å². The topological polar surface area (TPSA) is 79.4 Å². The number of Topliss-reactive ketones (excluding diaryl/α,β-unsaturated/α-hetero) is 1. The van der Waals surface area contributed by atoms with Crippen molar-refractivity contribution in [3.63, 3.8) is 0 Å². The molecule has 4 rings (SSSR count). The summed E-state index contributed by atoms with van der Waals surface area (Å²) in [5.41, 5.74) is 4.54. The molecule has 0 saturated carbocycles. The number of imidazole rings is 1. The molecule has 0 fully saturated rings. The first kappa shape index (κ1) is 22.4. The van der Waals surface area contributed by atoms with Crippen LogP contribution in [0.25, 0.3) is 27.8 Å². The molecule has 0 aliphatic rings. The number of ketones is 1. The fourth-order valence-electron chi connectivity index (χ4n) is 3.65. The summed E-state index contributed by atoms with van der Waals surface area (Å²) in [5, 5.41) is 3.89. The van der Waals surface area contributed by atoms with E-state index in [1.807, 2.05) is 25.1 Å². The number of methoxy groups -OCH3 is 2. The van der Waals surface area contributed by atoms with Gasteiger partial charge in [-0.25, -0.2) is 4.98 Å². The van der Waals surface area contributed by atoms with Crippen LogP contribution >= 0.6 is 0 Å². The largest absolute Gasteiger partial charge is 0.496 e. The fraction of sp³-hybridized carbons (Fsp3) is 0.261. The molecule has 2 aromatic heterocycles. The van der Waals surface area contributed by atoms with E-state index >= 15 is 0 Å². The molecule has 0 saturated heterocycles. The van der Waals surface area contributed by atoms with Crippen LogP contribution in [0.4, 0.5) is 13.2 Å². The van der Waals surface area contributed by atoms with Gasteiger partial charge < -0.3 is 14.0 Å². The van der Waals surface area contributed by atoms with Crippen LogP contribution in [0.15, 0.2) is 47.4 Å². The van der Waals surface area contributed by atoms with Crippen LogP contribution in [0.1, 0.15) is 28.9 Å². The number of rotatable bonds is 7. The van der Waals surface area contributed by atoms with Gasteiger partial charge in [-0.15, -0.1) is 0 Å². The van der Waals surface area contributed by atoms with Crippen LogP contribution in [0.3, 0.4) is 0 Å². The number of hydrogen-bond donors (Lipinski definition) is 0. The highest BCUT2D eigenvalue weighted by molar-refractivity contribution is 6.02. The third kappa shape index (κ3) is 4.41. The van der Waals surface area contributed by atoms with Crippen molar-refractivity contribution >= 4 is 16.8 Å². The van der Waals surface area contributed by atoms with Crippen molar-refractivity contribution in [2.45, 2.75) is 25.9 Å². The highest BCUT2D eigenvalue weighted by atomic mass is 19.4. The summed E-state index contributed by atoms with van der Waals surface area (Å²) in [5.74, 6) is -0.470. The van der Waals surface area contributed by atoms with Crippen LogP contribution in [0.5, 0.6) is 11.5 Å². The Balaban J connectivity index is 1.75. The van der Waals surface area contributed by atoms with Gasteiger partial charge >= 0.3 is 6.18 Å². The number of benzene rings is 2. The Labute approximate surface area is 186 Å². The number of hydrogen-bond acceptors (Lipinski definition) is 6. The molecule has 172 valence electrons. The maximum absolute atomic E-state index is 12.6. The van der Waals surface area contributed by atoms with Crippen molar-refractivity contribution < 1.29 is 32.0 Å². The van der Waals surface area contributed by atoms with Crippen molar-refractivity contribution in [3.8, 4) is 28.3 Å². The summed E-state index contributed by atoms with van der Waals surface area (Å²) in [4.78, 5) is 17.0. The zero-order valence-corrected chi connectivity index (χ0v) is 18.1. The second-order valence-corrected chi connectivity index (χ2v) is 7.40. The van der Waals surface area contributed by atoms with Gasteiger partial charge in [-0.3, -0.25) is 9.36 Å². The Kier molecular flexibility index (Phi) is 5.84. The second kappa shape index (κ2) is 8.61. The summed E-state index contributed by atoms with van der Waals surface area (Å²) < 4.78 is 55.3. The Hall–Kier alpha value is -3.82. The predicted octanol–water partition coefficient (Wildman–Crippen LogP) is 5.53. The summed E-state index contributed by atoms with van der Waals surface area (Å²) in [6.45, 7) is 1.84. The Morgan fingerprint density at radius 1 is 1.12 bits per heavy atom. The number of alkyl halides is 3. The van der Waals surface area contributed by atoms with Gasteiger partial charge in [0.1, 0.15) is 29.7 Å². The Bertz CT molecular complexity index is 1300. The molecule has 0 amide bonds. The summed E-state index contributed by atoms with van der Waals surface area (Å²) in [6, 6.07) is 8.83. The standard InChI is InChI=1S/C23H20F3N3O4/c1-13-16(11-33-28-13)14-4-5-18-17(8-14)27-12-29(18)15-9-20(31-2)22(21(10-15)32-3)19(30)6-7-23(24,25)26/h4-5,8-12H,6-7H2,1-3H3. The van der Waals surface area contributed by atoms with Crippen molar-refractivity contribution in [2.24, 2.45) is 0 Å². The molecule has 0 radical (unpaired) electrons. The fourth-order valence-corrected chi connectivity index (χ4v) is 3.65. The van der Waals surface area contributed by atoms with Gasteiger partial charge in [-0.1, -0.05) is 11.2 Å². The number of ether oxygens (including phenoxy) is 2. The quantitative estimate of drug-likeness (QED) is 0.338. The lowest BCUT2D eigenvalue weighted by molar-refractivity contribution is -0.133. The Morgan fingerprint density at radius 3 is 2.39 bits per heavy atom. The summed E-state index contributed by atoms with van der Waals surface area (Å²) in [6.07, 6.45) is -3.18. The lowest BCUT2D eigenvalue weighted by atomic mass is 10.0. The number of halogens is 3. The highest BCUT2D eigenvalue weighted by Gasteiger charge is 2.30. The molecule has 2 aromatic carbocycles. The maximum Gasteiger partial charge on any atom is 0.389 e. The molecule has 2 heterocycles. The monoisotopic (exact) mass is 459 g/mol. The summed E-state index contributed by atoms with van der Waals surface area (Å²) >= 11 is 0. The highest BCUT2D eigenvalue weighted by Crippen LogP contribution is 2.36. The van der Waals surface area contributed by atoms with Gasteiger partial charge in [0, 0.05) is 24.1 Å². The average molecular weight is 459 g/mol. The van der Waals surface area contributed by atoms with Gasteiger partial charge in [-0.05, 0) is 24.6 Å². The van der Waals surface area contributed by atoms with Gasteiger partial charge in [0.05, 0.1) is 43.1 Å². The number of aromatic nitrogens is 3. The molecule has 0 atom stereocenters. The van der Waals surface area contributed by atoms with E-state index in [-0.39, 0.29) is 17.1 Å². The zero-order chi connectivity index (χ0) is 23.8. The van der Waals surface area contributed by atoms with Gasteiger partial charge in [0.2, 0.25) is 0 Å². The van der Waals surface area contributed by atoms with Crippen LogP contribution < -0.4 is 9.47 Å². The predicted molar refractivity (Wildman–Crippen MR) is 114 cm³/mol. The third-order valence-electron chi connectivity index (χ3n) is 5.29. The van der Waals surface area contributed by atoms with E-state index in [0.717, 1.165) is 22.3 Å². The van der Waals surface area contributed by atoms with Crippen LogP contribution in [0, 0.1) is 6.92 Å². The molecule has 33 heavy (non-hydrogen) atoms. The first-order valence-corrected chi connectivity index (χ1v) is 9.96. The number of aryl methyl sites for hydroxylation is 1. The normalized spacial score (nSPS) is 11.7.